The third-order valence-corrected chi connectivity index (χ3v) is 3.69. The van der Waals surface area contributed by atoms with E-state index >= 15 is 0 Å². The highest BCUT2D eigenvalue weighted by Gasteiger charge is 2.37. The lowest BCUT2D eigenvalue weighted by Gasteiger charge is -2.23. The van der Waals surface area contributed by atoms with Gasteiger partial charge < -0.3 is 10.8 Å². The molecule has 0 amide bonds. The normalized spacial score (nSPS) is 22.1. The van der Waals surface area contributed by atoms with Gasteiger partial charge in [0.25, 0.3) is 0 Å². The summed E-state index contributed by atoms with van der Waals surface area (Å²) in [6, 6.07) is 5.71. The minimum atomic E-state index is -0.843. The van der Waals surface area contributed by atoms with Crippen molar-refractivity contribution in [3.63, 3.8) is 0 Å². The van der Waals surface area contributed by atoms with E-state index in [4.69, 9.17) is 5.73 Å². The standard InChI is InChI=1S/C13H16N4O/c1-17-12(15-8-16-17)7-13(18)5-4-9-6-10(14)2-3-11(9)13/h2-3,6,8,18H,4-5,7,14H2,1H3. The molecule has 0 aliphatic heterocycles. The summed E-state index contributed by atoms with van der Waals surface area (Å²) in [6.45, 7) is 0. The van der Waals surface area contributed by atoms with E-state index in [1.165, 1.54) is 6.33 Å². The van der Waals surface area contributed by atoms with Crippen molar-refractivity contribution in [2.45, 2.75) is 24.9 Å². The summed E-state index contributed by atoms with van der Waals surface area (Å²) in [7, 11) is 1.84. The van der Waals surface area contributed by atoms with Crippen LogP contribution in [-0.2, 0) is 25.5 Å². The fraction of sp³-hybridized carbons (Fsp3) is 0.385. The Kier molecular flexibility index (Phi) is 2.38. The molecule has 1 aromatic carbocycles. The molecule has 0 saturated carbocycles. The van der Waals surface area contributed by atoms with E-state index in [1.807, 2.05) is 25.2 Å². The Balaban J connectivity index is 1.97. The Bertz CT molecular complexity index is 592. The number of fused-ring (bicyclic) bond motifs is 1. The zero-order valence-corrected chi connectivity index (χ0v) is 10.3. The molecule has 1 aliphatic rings. The van der Waals surface area contributed by atoms with Gasteiger partial charge in [-0.25, -0.2) is 4.98 Å². The van der Waals surface area contributed by atoms with Crippen LogP contribution < -0.4 is 5.73 Å². The molecule has 5 heteroatoms. The average molecular weight is 244 g/mol. The van der Waals surface area contributed by atoms with Crippen LogP contribution in [-0.4, -0.2) is 19.9 Å². The lowest BCUT2D eigenvalue weighted by molar-refractivity contribution is 0.0360. The van der Waals surface area contributed by atoms with Gasteiger partial charge in [-0.3, -0.25) is 4.68 Å². The molecule has 1 atom stereocenters. The van der Waals surface area contributed by atoms with Crippen LogP contribution in [0.4, 0.5) is 5.69 Å². The number of aryl methyl sites for hydroxylation is 2. The van der Waals surface area contributed by atoms with Crippen LogP contribution in [0.1, 0.15) is 23.4 Å². The quantitative estimate of drug-likeness (QED) is 0.765. The molecule has 2 aromatic rings. The van der Waals surface area contributed by atoms with E-state index in [2.05, 4.69) is 10.1 Å². The van der Waals surface area contributed by atoms with Crippen molar-refractivity contribution in [3.05, 3.63) is 41.5 Å². The summed E-state index contributed by atoms with van der Waals surface area (Å²) in [5, 5.41) is 14.8. The number of benzene rings is 1. The molecule has 5 nitrogen and oxygen atoms in total. The number of anilines is 1. The average Bonchev–Trinajstić information content (AvgIpc) is 2.85. The summed E-state index contributed by atoms with van der Waals surface area (Å²) < 4.78 is 1.70. The molecule has 3 rings (SSSR count). The number of aliphatic hydroxyl groups is 1. The summed E-state index contributed by atoms with van der Waals surface area (Å²) in [5.41, 5.74) is 7.79. The maximum absolute atomic E-state index is 10.8. The number of aromatic nitrogens is 3. The SMILES string of the molecule is Cn1ncnc1CC1(O)CCc2cc(N)ccc21. The van der Waals surface area contributed by atoms with Crippen molar-refractivity contribution in [2.24, 2.45) is 7.05 Å². The molecule has 3 N–H and O–H groups in total. The molecule has 1 aromatic heterocycles. The fourth-order valence-corrected chi connectivity index (χ4v) is 2.68. The maximum atomic E-state index is 10.8. The van der Waals surface area contributed by atoms with Gasteiger partial charge in [0.05, 0.1) is 5.60 Å². The number of nitrogen functional groups attached to an aromatic ring is 1. The minimum absolute atomic E-state index is 0.487. The molecule has 0 bridgehead atoms. The highest BCUT2D eigenvalue weighted by atomic mass is 16.3. The predicted octanol–water partition coefficient (Wildman–Crippen LogP) is 0.774. The Labute approximate surface area is 105 Å². The second kappa shape index (κ2) is 3.81. The van der Waals surface area contributed by atoms with Gasteiger partial charge in [-0.05, 0) is 36.1 Å². The second-order valence-corrected chi connectivity index (χ2v) is 4.92. The molecule has 94 valence electrons. The number of hydrogen-bond acceptors (Lipinski definition) is 4. The van der Waals surface area contributed by atoms with Gasteiger partial charge >= 0.3 is 0 Å². The van der Waals surface area contributed by atoms with Crippen molar-refractivity contribution < 1.29 is 5.11 Å². The van der Waals surface area contributed by atoms with Crippen LogP contribution in [0, 0.1) is 0 Å². The zero-order valence-electron chi connectivity index (χ0n) is 10.3. The number of hydrogen-bond donors (Lipinski definition) is 2. The van der Waals surface area contributed by atoms with Crippen LogP contribution in [0.5, 0.6) is 0 Å². The minimum Gasteiger partial charge on any atom is -0.399 e. The van der Waals surface area contributed by atoms with Crippen LogP contribution in [0.15, 0.2) is 24.5 Å². The Hall–Kier alpha value is -1.88. The largest absolute Gasteiger partial charge is 0.399 e. The van der Waals surface area contributed by atoms with Gasteiger partial charge in [0.15, 0.2) is 0 Å². The Morgan fingerprint density at radius 3 is 3.06 bits per heavy atom. The van der Waals surface area contributed by atoms with E-state index in [0.717, 1.165) is 29.1 Å². The van der Waals surface area contributed by atoms with Crippen LogP contribution >= 0.6 is 0 Å². The second-order valence-electron chi connectivity index (χ2n) is 4.92. The van der Waals surface area contributed by atoms with Crippen molar-refractivity contribution in [2.75, 3.05) is 5.73 Å². The molecule has 0 radical (unpaired) electrons. The first-order valence-corrected chi connectivity index (χ1v) is 6.03. The zero-order chi connectivity index (χ0) is 12.8. The van der Waals surface area contributed by atoms with Crippen LogP contribution in [0.2, 0.25) is 0 Å². The topological polar surface area (TPSA) is 77.0 Å². The molecular weight excluding hydrogens is 228 g/mol. The molecule has 1 heterocycles. The molecular formula is C13H16N4O. The first-order chi connectivity index (χ1) is 8.58. The summed E-state index contributed by atoms with van der Waals surface area (Å²) in [6.07, 6.45) is 3.56. The smallest absolute Gasteiger partial charge is 0.138 e. The molecule has 1 unspecified atom stereocenters. The third-order valence-electron chi connectivity index (χ3n) is 3.69. The van der Waals surface area contributed by atoms with Gasteiger partial charge in [-0.15, -0.1) is 0 Å². The molecule has 18 heavy (non-hydrogen) atoms. The monoisotopic (exact) mass is 244 g/mol. The van der Waals surface area contributed by atoms with Crippen LogP contribution in [0.3, 0.4) is 0 Å². The Morgan fingerprint density at radius 2 is 2.33 bits per heavy atom. The van der Waals surface area contributed by atoms with Gasteiger partial charge in [-0.1, -0.05) is 6.07 Å². The Morgan fingerprint density at radius 1 is 1.50 bits per heavy atom. The van der Waals surface area contributed by atoms with Crippen molar-refractivity contribution in [3.8, 4) is 0 Å². The first kappa shape index (κ1) is 11.2. The van der Waals surface area contributed by atoms with Crippen molar-refractivity contribution in [1.29, 1.82) is 0 Å². The number of nitrogens with two attached hydrogens (primary N) is 1. The van der Waals surface area contributed by atoms with Gasteiger partial charge in [0.2, 0.25) is 0 Å². The summed E-state index contributed by atoms with van der Waals surface area (Å²) in [4.78, 5) is 4.18. The molecule has 1 aliphatic carbocycles. The number of nitrogens with zero attached hydrogens (tertiary/aromatic N) is 3. The van der Waals surface area contributed by atoms with E-state index in [1.54, 1.807) is 4.68 Å². The van der Waals surface area contributed by atoms with E-state index < -0.39 is 5.60 Å². The van der Waals surface area contributed by atoms with E-state index in [9.17, 15) is 5.11 Å². The van der Waals surface area contributed by atoms with E-state index in [0.29, 0.717) is 12.8 Å². The van der Waals surface area contributed by atoms with Gasteiger partial charge in [0, 0.05) is 19.2 Å². The van der Waals surface area contributed by atoms with Gasteiger partial charge in [0.1, 0.15) is 12.2 Å². The highest BCUT2D eigenvalue weighted by Crippen LogP contribution is 2.39. The highest BCUT2D eigenvalue weighted by molar-refractivity contribution is 5.49. The first-order valence-electron chi connectivity index (χ1n) is 6.03. The molecule has 0 saturated heterocycles. The number of rotatable bonds is 2. The lowest BCUT2D eigenvalue weighted by atomic mass is 9.92. The predicted molar refractivity (Wildman–Crippen MR) is 67.8 cm³/mol. The summed E-state index contributed by atoms with van der Waals surface area (Å²) >= 11 is 0. The molecule has 0 spiro atoms. The summed E-state index contributed by atoms with van der Waals surface area (Å²) in [5.74, 6) is 0.794. The van der Waals surface area contributed by atoms with Crippen LogP contribution in [0.25, 0.3) is 0 Å². The van der Waals surface area contributed by atoms with Gasteiger partial charge in [-0.2, -0.15) is 5.10 Å². The van der Waals surface area contributed by atoms with Crippen molar-refractivity contribution >= 4 is 5.69 Å². The third kappa shape index (κ3) is 1.67. The molecule has 0 fully saturated rings. The lowest BCUT2D eigenvalue weighted by Crippen LogP contribution is -2.27. The maximum Gasteiger partial charge on any atom is 0.138 e. The fourth-order valence-electron chi connectivity index (χ4n) is 2.68. The van der Waals surface area contributed by atoms with E-state index in [-0.39, 0.29) is 0 Å². The van der Waals surface area contributed by atoms with Crippen molar-refractivity contribution in [1.82, 2.24) is 14.8 Å².